The third-order valence-electron chi connectivity index (χ3n) is 8.44. The number of hydrogen-bond donors (Lipinski definition) is 4. The van der Waals surface area contributed by atoms with Crippen molar-refractivity contribution in [2.24, 2.45) is 0 Å². The summed E-state index contributed by atoms with van der Waals surface area (Å²) in [4.78, 5) is 59.9. The summed E-state index contributed by atoms with van der Waals surface area (Å²) in [6.45, 7) is 4.75. The Bertz CT molecular complexity index is 1710. The molecule has 1 atom stereocenters. The van der Waals surface area contributed by atoms with Gasteiger partial charge in [0.1, 0.15) is 29.8 Å². The standard InChI is InChI=1S/C30H37N7O3.C4F6O2/c1-2-23-28(32-18-25(30(39)40)35-26(38)17-20-7-4-3-5-8-20)33-19-34-29(23)37-15-12-21(13-16-37)24-11-10-22-9-6-14-31-27(22)36-24;5-3(6,7)1(11)2(12)4(8,9)10/h3-5,7-8,10-11,19,21,25H,2,6,9,12-18H2,1H3,(H,31,36)(H,35,38)(H,39,40)(H,32,33,34);/t25-;/m0./s1. The number of nitrogens with zero attached hydrogens (tertiary/aromatic N) is 4. The molecule has 0 radical (unpaired) electrons. The van der Waals surface area contributed by atoms with Gasteiger partial charge in [-0.25, -0.2) is 19.7 Å². The number of pyridine rings is 1. The van der Waals surface area contributed by atoms with Crippen LogP contribution in [0.2, 0.25) is 0 Å². The first-order valence-corrected chi connectivity index (χ1v) is 16.4. The van der Waals surface area contributed by atoms with Crippen molar-refractivity contribution in [3.63, 3.8) is 0 Å². The molecule has 1 saturated heterocycles. The fraction of sp³-hybridized carbons (Fsp3) is 0.441. The summed E-state index contributed by atoms with van der Waals surface area (Å²) >= 11 is 0. The summed E-state index contributed by atoms with van der Waals surface area (Å²) in [6, 6.07) is 12.6. The number of carbonyl (C=O) groups excluding carboxylic acids is 3. The van der Waals surface area contributed by atoms with Crippen LogP contribution in [0, 0.1) is 0 Å². The Kier molecular flexibility index (Phi) is 13.1. The first kappa shape index (κ1) is 39.5. The minimum absolute atomic E-state index is 0.0133. The van der Waals surface area contributed by atoms with Crippen LogP contribution in [0.5, 0.6) is 0 Å². The molecule has 5 rings (SSSR count). The molecule has 2 aliphatic rings. The molecule has 4 heterocycles. The number of Topliss-reactive ketones (excluding diaryl/α,β-unsaturated/α-hetero) is 2. The first-order chi connectivity index (χ1) is 24.6. The van der Waals surface area contributed by atoms with Crippen molar-refractivity contribution < 1.29 is 50.6 Å². The van der Waals surface area contributed by atoms with Crippen LogP contribution in [0.3, 0.4) is 0 Å². The molecule has 3 aromatic rings. The third-order valence-corrected chi connectivity index (χ3v) is 8.44. The van der Waals surface area contributed by atoms with Gasteiger partial charge in [0.15, 0.2) is 0 Å². The van der Waals surface area contributed by atoms with Crippen LogP contribution in [-0.2, 0) is 38.4 Å². The van der Waals surface area contributed by atoms with Gasteiger partial charge in [-0.2, -0.15) is 26.3 Å². The van der Waals surface area contributed by atoms with E-state index >= 15 is 0 Å². The number of hydrogen-bond acceptors (Lipinski definition) is 10. The lowest BCUT2D eigenvalue weighted by atomic mass is 9.92. The van der Waals surface area contributed by atoms with Crippen molar-refractivity contribution in [2.75, 3.05) is 41.7 Å². The number of aliphatic carboxylic acids is 1. The number of nitrogens with one attached hydrogen (secondary N) is 3. The summed E-state index contributed by atoms with van der Waals surface area (Å²) in [6.07, 6.45) is -5.01. The van der Waals surface area contributed by atoms with Gasteiger partial charge in [0.05, 0.1) is 6.42 Å². The maximum absolute atomic E-state index is 12.5. The number of fused-ring (bicyclic) bond motifs is 1. The summed E-state index contributed by atoms with van der Waals surface area (Å²) in [5, 5.41) is 19.0. The van der Waals surface area contributed by atoms with Crippen molar-refractivity contribution in [2.45, 2.75) is 69.8 Å². The minimum Gasteiger partial charge on any atom is -0.480 e. The maximum atomic E-state index is 12.5. The molecule has 280 valence electrons. The summed E-state index contributed by atoms with van der Waals surface area (Å²) < 4.78 is 67.0. The Hall–Kier alpha value is -5.29. The zero-order valence-electron chi connectivity index (χ0n) is 28.0. The molecule has 2 aromatic heterocycles. The molecule has 52 heavy (non-hydrogen) atoms. The highest BCUT2D eigenvalue weighted by Crippen LogP contribution is 2.33. The Balaban J connectivity index is 0.000000434. The normalized spacial score (nSPS) is 15.2. The van der Waals surface area contributed by atoms with Gasteiger partial charge in [0, 0.05) is 43.4 Å². The van der Waals surface area contributed by atoms with Crippen LogP contribution in [-0.4, -0.2) is 88.1 Å². The Morgan fingerprint density at radius 3 is 2.21 bits per heavy atom. The van der Waals surface area contributed by atoms with E-state index in [0.717, 1.165) is 73.8 Å². The van der Waals surface area contributed by atoms with E-state index < -0.39 is 35.9 Å². The van der Waals surface area contributed by atoms with Crippen molar-refractivity contribution in [3.05, 3.63) is 71.2 Å². The number of carboxylic acids is 1. The van der Waals surface area contributed by atoms with Gasteiger partial charge in [0.2, 0.25) is 5.91 Å². The number of piperidine rings is 1. The number of aromatic nitrogens is 3. The van der Waals surface area contributed by atoms with Gasteiger partial charge in [-0.1, -0.05) is 43.3 Å². The second-order valence-corrected chi connectivity index (χ2v) is 12.1. The molecule has 12 nitrogen and oxygen atoms in total. The number of aryl methyl sites for hydroxylation is 1. The second-order valence-electron chi connectivity index (χ2n) is 12.1. The van der Waals surface area contributed by atoms with Crippen LogP contribution >= 0.6 is 0 Å². The third kappa shape index (κ3) is 10.6. The van der Waals surface area contributed by atoms with E-state index in [1.165, 1.54) is 11.9 Å². The maximum Gasteiger partial charge on any atom is 0.458 e. The Morgan fingerprint density at radius 2 is 1.62 bits per heavy atom. The van der Waals surface area contributed by atoms with E-state index in [1.807, 2.05) is 37.3 Å². The highest BCUT2D eigenvalue weighted by Gasteiger charge is 2.54. The number of halogens is 6. The molecular formula is C34H37F6N7O5. The number of rotatable bonds is 11. The van der Waals surface area contributed by atoms with Gasteiger partial charge < -0.3 is 26.0 Å². The number of alkyl halides is 6. The summed E-state index contributed by atoms with van der Waals surface area (Å²) in [5.74, 6) is -5.34. The zero-order valence-corrected chi connectivity index (χ0v) is 28.0. The summed E-state index contributed by atoms with van der Waals surface area (Å²) in [7, 11) is 0. The predicted molar refractivity (Wildman–Crippen MR) is 177 cm³/mol. The van der Waals surface area contributed by atoms with Crippen LogP contribution < -0.4 is 20.9 Å². The van der Waals surface area contributed by atoms with Crippen LogP contribution in [0.1, 0.15) is 54.5 Å². The van der Waals surface area contributed by atoms with Gasteiger partial charge in [-0.05, 0) is 49.3 Å². The average Bonchev–Trinajstić information content (AvgIpc) is 3.12. The van der Waals surface area contributed by atoms with E-state index in [4.69, 9.17) is 4.98 Å². The molecule has 1 fully saturated rings. The topological polar surface area (TPSA) is 167 Å². The summed E-state index contributed by atoms with van der Waals surface area (Å²) in [5.41, 5.74) is 4.23. The quantitative estimate of drug-likeness (QED) is 0.160. The van der Waals surface area contributed by atoms with E-state index in [0.29, 0.717) is 18.2 Å². The lowest BCUT2D eigenvalue weighted by Gasteiger charge is -2.34. The largest absolute Gasteiger partial charge is 0.480 e. The minimum atomic E-state index is -5.77. The van der Waals surface area contributed by atoms with Crippen molar-refractivity contribution >= 4 is 40.9 Å². The number of carboxylic acid groups (broad SMARTS) is 1. The molecule has 0 aliphatic carbocycles. The molecular weight excluding hydrogens is 700 g/mol. The molecule has 0 spiro atoms. The molecule has 2 aliphatic heterocycles. The molecule has 18 heteroatoms. The fourth-order valence-electron chi connectivity index (χ4n) is 5.79. The molecule has 1 aromatic carbocycles. The Labute approximate surface area is 294 Å². The second kappa shape index (κ2) is 17.3. The number of carbonyl (C=O) groups is 4. The SMILES string of the molecule is CCc1c(NC[C@H](NC(=O)Cc2ccccc2)C(=O)O)ncnc1N1CCC(c2ccc3c(n2)NCCC3)CC1.O=C(C(=O)C(F)(F)F)C(F)(F)F. The average molecular weight is 738 g/mol. The Morgan fingerprint density at radius 1 is 0.962 bits per heavy atom. The monoisotopic (exact) mass is 737 g/mol. The lowest BCUT2D eigenvalue weighted by Crippen LogP contribution is -2.46. The van der Waals surface area contributed by atoms with Crippen LogP contribution in [0.4, 0.5) is 43.8 Å². The molecule has 4 N–H and O–H groups in total. The van der Waals surface area contributed by atoms with Gasteiger partial charge in [-0.3, -0.25) is 14.4 Å². The molecule has 0 unspecified atom stereocenters. The molecule has 1 amide bonds. The van der Waals surface area contributed by atoms with Gasteiger partial charge in [-0.15, -0.1) is 0 Å². The van der Waals surface area contributed by atoms with E-state index in [2.05, 4.69) is 43.0 Å². The first-order valence-electron chi connectivity index (χ1n) is 16.4. The smallest absolute Gasteiger partial charge is 0.458 e. The van der Waals surface area contributed by atoms with Crippen molar-refractivity contribution in [3.8, 4) is 0 Å². The van der Waals surface area contributed by atoms with Gasteiger partial charge in [0.25, 0.3) is 0 Å². The zero-order chi connectivity index (χ0) is 38.1. The van der Waals surface area contributed by atoms with Crippen LogP contribution in [0.15, 0.2) is 48.8 Å². The van der Waals surface area contributed by atoms with Crippen molar-refractivity contribution in [1.29, 1.82) is 0 Å². The molecule has 0 bridgehead atoms. The lowest BCUT2D eigenvalue weighted by molar-refractivity contribution is -0.193. The molecule has 0 saturated carbocycles. The van der Waals surface area contributed by atoms with Crippen molar-refractivity contribution in [1.82, 2.24) is 20.3 Å². The number of amides is 1. The fourth-order valence-corrected chi connectivity index (χ4v) is 5.79. The highest BCUT2D eigenvalue weighted by molar-refractivity contribution is 6.41. The van der Waals surface area contributed by atoms with E-state index in [1.54, 1.807) is 0 Å². The highest BCUT2D eigenvalue weighted by atomic mass is 19.4. The van der Waals surface area contributed by atoms with Crippen LogP contribution in [0.25, 0.3) is 0 Å². The van der Waals surface area contributed by atoms with E-state index in [-0.39, 0.29) is 18.9 Å². The number of ketones is 2. The van der Waals surface area contributed by atoms with E-state index in [9.17, 15) is 50.6 Å². The number of benzene rings is 1. The predicted octanol–water partition coefficient (Wildman–Crippen LogP) is 4.65. The number of anilines is 3. The van der Waals surface area contributed by atoms with Gasteiger partial charge >= 0.3 is 29.9 Å².